The fraction of sp³-hybridized carbons (Fsp3) is 0.609. The van der Waals surface area contributed by atoms with Gasteiger partial charge in [0.05, 0.1) is 10.8 Å². The van der Waals surface area contributed by atoms with E-state index in [4.69, 9.17) is 9.47 Å². The van der Waals surface area contributed by atoms with Crippen LogP contribution in [0.3, 0.4) is 0 Å². The van der Waals surface area contributed by atoms with Gasteiger partial charge in [0.15, 0.2) is 11.5 Å². The zero-order valence-corrected chi connectivity index (χ0v) is 19.5. The molecule has 0 aromatic heterocycles. The largest absolute Gasteiger partial charge is 0.422 e. The van der Waals surface area contributed by atoms with E-state index in [1.807, 2.05) is 0 Å². The Balaban J connectivity index is 3.18. The minimum Gasteiger partial charge on any atom is -0.422 e. The van der Waals surface area contributed by atoms with Gasteiger partial charge in [-0.3, -0.25) is 14.4 Å². The molecule has 0 bridgehead atoms. The summed E-state index contributed by atoms with van der Waals surface area (Å²) in [6, 6.07) is 2.38. The molecule has 0 saturated heterocycles. The Bertz CT molecular complexity index is 811. The summed E-state index contributed by atoms with van der Waals surface area (Å²) in [6.07, 6.45) is 0.182. The van der Waals surface area contributed by atoms with Crippen LogP contribution in [0.2, 0.25) is 0 Å². The van der Waals surface area contributed by atoms with E-state index >= 15 is 0 Å². The fourth-order valence-electron chi connectivity index (χ4n) is 2.01. The predicted molar refractivity (Wildman–Crippen MR) is 113 cm³/mol. The van der Waals surface area contributed by atoms with E-state index in [0.717, 1.165) is 6.07 Å². The highest BCUT2D eigenvalue weighted by Gasteiger charge is 2.29. The molecule has 0 atom stereocenters. The minimum atomic E-state index is -0.822. The summed E-state index contributed by atoms with van der Waals surface area (Å²) >= 11 is 0. The molecule has 0 spiro atoms. The van der Waals surface area contributed by atoms with E-state index in [1.54, 1.807) is 62.3 Å². The fourth-order valence-corrected chi connectivity index (χ4v) is 2.01. The van der Waals surface area contributed by atoms with Crippen molar-refractivity contribution in [3.05, 3.63) is 23.5 Å². The second kappa shape index (κ2) is 9.14. The van der Waals surface area contributed by atoms with Crippen molar-refractivity contribution in [1.82, 2.24) is 5.32 Å². The second-order valence-electron chi connectivity index (χ2n) is 10.4. The molecule has 0 aliphatic rings. The first-order valence-corrected chi connectivity index (χ1v) is 9.98. The topological polar surface area (TPSA) is 81.7 Å². The van der Waals surface area contributed by atoms with Crippen LogP contribution in [0.5, 0.6) is 11.5 Å². The van der Waals surface area contributed by atoms with Crippen molar-refractivity contribution in [3.8, 4) is 11.5 Å². The first kappa shape index (κ1) is 25.6. The molecule has 1 aromatic rings. The Hall–Kier alpha value is -2.44. The van der Waals surface area contributed by atoms with Gasteiger partial charge < -0.3 is 14.8 Å². The van der Waals surface area contributed by atoms with Crippen molar-refractivity contribution in [3.63, 3.8) is 0 Å². The summed E-state index contributed by atoms with van der Waals surface area (Å²) in [5.74, 6) is -2.10. The van der Waals surface area contributed by atoms with Crippen molar-refractivity contribution >= 4 is 17.8 Å². The third kappa shape index (κ3) is 7.43. The molecule has 6 nitrogen and oxygen atoms in total. The molecular formula is C23H34FNO5. The first-order chi connectivity index (χ1) is 13.4. The molecule has 0 fully saturated rings. The number of benzene rings is 1. The molecule has 0 unspecified atom stereocenters. The van der Waals surface area contributed by atoms with Crippen LogP contribution in [0, 0.1) is 22.1 Å². The van der Waals surface area contributed by atoms with Crippen LogP contribution in [-0.4, -0.2) is 24.4 Å². The average molecular weight is 423 g/mol. The van der Waals surface area contributed by atoms with Gasteiger partial charge in [0, 0.05) is 18.0 Å². The number of amides is 1. The van der Waals surface area contributed by atoms with E-state index in [2.05, 4.69) is 5.32 Å². The van der Waals surface area contributed by atoms with Gasteiger partial charge in [-0.25, -0.2) is 4.39 Å². The lowest BCUT2D eigenvalue weighted by Crippen LogP contribution is -2.36. The number of esters is 2. The van der Waals surface area contributed by atoms with Crippen LogP contribution >= 0.6 is 0 Å². The average Bonchev–Trinajstić information content (AvgIpc) is 2.55. The van der Waals surface area contributed by atoms with Crippen molar-refractivity contribution < 1.29 is 28.2 Å². The molecule has 1 rings (SSSR count). The molecule has 0 radical (unpaired) electrons. The summed E-state index contributed by atoms with van der Waals surface area (Å²) < 4.78 is 25.4. The van der Waals surface area contributed by atoms with Crippen molar-refractivity contribution in [2.45, 2.75) is 68.7 Å². The summed E-state index contributed by atoms with van der Waals surface area (Å²) in [6.45, 7) is 15.6. The number of carbonyl (C=O) groups excluding carboxylic acids is 3. The van der Waals surface area contributed by atoms with Crippen LogP contribution < -0.4 is 14.8 Å². The highest BCUT2D eigenvalue weighted by molar-refractivity contribution is 5.82. The Morgan fingerprint density at radius 2 is 1.23 bits per heavy atom. The molecule has 1 aromatic carbocycles. The van der Waals surface area contributed by atoms with Crippen LogP contribution in [0.15, 0.2) is 12.1 Å². The molecule has 168 valence electrons. The lowest BCUT2D eigenvalue weighted by Gasteiger charge is -2.21. The molecule has 0 aliphatic carbocycles. The van der Waals surface area contributed by atoms with Crippen molar-refractivity contribution in [2.24, 2.45) is 16.2 Å². The van der Waals surface area contributed by atoms with Crippen LogP contribution in [0.25, 0.3) is 0 Å². The van der Waals surface area contributed by atoms with Gasteiger partial charge in [0.2, 0.25) is 5.91 Å². The van der Waals surface area contributed by atoms with E-state index in [-0.39, 0.29) is 35.9 Å². The number of rotatable bonds is 5. The zero-order valence-electron chi connectivity index (χ0n) is 19.5. The highest BCUT2D eigenvalue weighted by Crippen LogP contribution is 2.34. The standard InChI is InChI=1S/C23H34FNO5/c1-21(2,3)18(26)25-11-10-14-12-16(29-19(27)22(4,5)6)17(13-15(14)24)30-20(28)23(7,8)9/h12-13H,10-11H2,1-9H3,(H,25,26)/i24-1. The maximum Gasteiger partial charge on any atom is 0.316 e. The Kier molecular flexibility index (Phi) is 7.80. The van der Waals surface area contributed by atoms with Crippen molar-refractivity contribution in [1.29, 1.82) is 0 Å². The summed E-state index contributed by atoms with van der Waals surface area (Å²) in [4.78, 5) is 36.6. The Morgan fingerprint density at radius 3 is 1.63 bits per heavy atom. The number of hydrogen-bond acceptors (Lipinski definition) is 5. The third-order valence-electron chi connectivity index (χ3n) is 4.10. The van der Waals surface area contributed by atoms with Gasteiger partial charge in [0.25, 0.3) is 0 Å². The van der Waals surface area contributed by atoms with Gasteiger partial charge in [-0.15, -0.1) is 0 Å². The van der Waals surface area contributed by atoms with Crippen LogP contribution in [0.1, 0.15) is 67.9 Å². The lowest BCUT2D eigenvalue weighted by atomic mass is 9.95. The number of hydrogen-bond donors (Lipinski definition) is 1. The lowest BCUT2D eigenvalue weighted by molar-refractivity contribution is -0.145. The molecule has 0 saturated carbocycles. The Morgan fingerprint density at radius 1 is 0.800 bits per heavy atom. The second-order valence-corrected chi connectivity index (χ2v) is 10.4. The maximum atomic E-state index is 14.7. The SMILES string of the molecule is CC(C)(C)C(=O)NCCc1cc(OC(=O)C(C)(C)C)c(OC(=O)C(C)(C)C)cc1[18F]. The van der Waals surface area contributed by atoms with Gasteiger partial charge >= 0.3 is 11.9 Å². The monoisotopic (exact) mass is 422 g/mol. The van der Waals surface area contributed by atoms with Crippen LogP contribution in [-0.2, 0) is 20.8 Å². The molecular weight excluding hydrogens is 388 g/mol. The smallest absolute Gasteiger partial charge is 0.316 e. The van der Waals surface area contributed by atoms with E-state index in [1.165, 1.54) is 6.07 Å². The molecule has 0 heterocycles. The maximum absolute atomic E-state index is 14.7. The zero-order chi connectivity index (χ0) is 23.5. The molecule has 7 heteroatoms. The molecule has 0 aliphatic heterocycles. The number of ether oxygens (including phenoxy) is 2. The van der Waals surface area contributed by atoms with Gasteiger partial charge in [-0.1, -0.05) is 20.8 Å². The quantitative estimate of drug-likeness (QED) is 0.561. The summed E-state index contributed by atoms with van der Waals surface area (Å²) in [5.41, 5.74) is -1.95. The highest BCUT2D eigenvalue weighted by atomic mass is 18.2. The number of halogens is 1. The summed E-state index contributed by atoms with van der Waals surface area (Å²) in [7, 11) is 0. The third-order valence-corrected chi connectivity index (χ3v) is 4.10. The molecule has 1 amide bonds. The molecule has 1 N–H and O–H groups in total. The normalized spacial score (nSPS) is 12.3. The van der Waals surface area contributed by atoms with Crippen LogP contribution in [0.4, 0.5) is 4.39 Å². The van der Waals surface area contributed by atoms with Crippen molar-refractivity contribution in [2.75, 3.05) is 6.54 Å². The Labute approximate surface area is 178 Å². The van der Waals surface area contributed by atoms with Gasteiger partial charge in [-0.05, 0) is 59.6 Å². The molecule has 30 heavy (non-hydrogen) atoms. The van der Waals surface area contributed by atoms with Gasteiger partial charge in [-0.2, -0.15) is 0 Å². The number of carbonyl (C=O) groups is 3. The first-order valence-electron chi connectivity index (χ1n) is 9.98. The van der Waals surface area contributed by atoms with E-state index in [9.17, 15) is 18.8 Å². The predicted octanol–water partition coefficient (Wildman–Crippen LogP) is 4.43. The summed E-state index contributed by atoms with van der Waals surface area (Å²) in [5, 5.41) is 2.75. The van der Waals surface area contributed by atoms with E-state index in [0.29, 0.717) is 0 Å². The van der Waals surface area contributed by atoms with E-state index < -0.39 is 34.0 Å². The minimum absolute atomic E-state index is 0.0360. The number of nitrogens with one attached hydrogen (secondary N) is 1. The van der Waals surface area contributed by atoms with Gasteiger partial charge in [0.1, 0.15) is 5.82 Å².